The summed E-state index contributed by atoms with van der Waals surface area (Å²) < 4.78 is 20.0. The number of carbonyl (C=O) groups excluding carboxylic acids is 2. The summed E-state index contributed by atoms with van der Waals surface area (Å²) in [4.78, 5) is 28.6. The fraction of sp³-hybridized carbons (Fsp3) is 0.556. The average molecular weight is 413 g/mol. The predicted molar refractivity (Wildman–Crippen MR) is 94.9 cm³/mol. The lowest BCUT2D eigenvalue weighted by molar-refractivity contribution is 0.000493. The standard InChI is InChI=1S/C18H22BrFN2O3/c1-17(2,3)25-16(24)21-9-10-22(18(11-21)7-8-18)15(23)14-12(19)5-4-6-13(14)20/h4-6H,7-11H2,1-3H3. The Morgan fingerprint density at radius 1 is 1.24 bits per heavy atom. The van der Waals surface area contributed by atoms with Gasteiger partial charge in [-0.25, -0.2) is 9.18 Å². The van der Waals surface area contributed by atoms with Gasteiger partial charge in [0.05, 0.1) is 11.1 Å². The molecular weight excluding hydrogens is 391 g/mol. The van der Waals surface area contributed by atoms with Crippen molar-refractivity contribution in [2.45, 2.75) is 44.8 Å². The molecular formula is C18H22BrFN2O3. The molecule has 0 bridgehead atoms. The van der Waals surface area contributed by atoms with E-state index in [1.54, 1.807) is 21.9 Å². The lowest BCUT2D eigenvalue weighted by Gasteiger charge is -2.42. The summed E-state index contributed by atoms with van der Waals surface area (Å²) >= 11 is 3.27. The molecule has 0 radical (unpaired) electrons. The van der Waals surface area contributed by atoms with Crippen LogP contribution >= 0.6 is 15.9 Å². The summed E-state index contributed by atoms with van der Waals surface area (Å²) in [7, 11) is 0. The highest BCUT2D eigenvalue weighted by Gasteiger charge is 2.54. The van der Waals surface area contributed by atoms with Crippen molar-refractivity contribution in [3.8, 4) is 0 Å². The minimum Gasteiger partial charge on any atom is -0.444 e. The monoisotopic (exact) mass is 412 g/mol. The SMILES string of the molecule is CC(C)(C)OC(=O)N1CCN(C(=O)c2c(F)cccc2Br)C2(CC2)C1. The smallest absolute Gasteiger partial charge is 0.410 e. The number of amides is 2. The molecule has 1 aromatic rings. The molecule has 1 aromatic carbocycles. The van der Waals surface area contributed by atoms with Crippen LogP contribution < -0.4 is 0 Å². The maximum atomic E-state index is 14.2. The zero-order valence-corrected chi connectivity index (χ0v) is 16.2. The Labute approximate surface area is 155 Å². The Kier molecular flexibility index (Phi) is 4.56. The summed E-state index contributed by atoms with van der Waals surface area (Å²) in [5, 5.41) is 0. The number of rotatable bonds is 1. The quantitative estimate of drug-likeness (QED) is 0.704. The minimum atomic E-state index is -0.557. The van der Waals surface area contributed by atoms with Crippen molar-refractivity contribution in [1.29, 1.82) is 0 Å². The van der Waals surface area contributed by atoms with E-state index >= 15 is 0 Å². The Hall–Kier alpha value is -1.63. The van der Waals surface area contributed by atoms with Gasteiger partial charge < -0.3 is 14.5 Å². The first-order valence-electron chi connectivity index (χ1n) is 8.37. The molecule has 0 N–H and O–H groups in total. The molecule has 1 aliphatic carbocycles. The molecule has 3 rings (SSSR count). The highest BCUT2D eigenvalue weighted by Crippen LogP contribution is 2.45. The number of hydrogen-bond donors (Lipinski definition) is 0. The zero-order chi connectivity index (χ0) is 18.4. The molecule has 1 aliphatic heterocycles. The third kappa shape index (κ3) is 3.66. The second-order valence-electron chi connectivity index (χ2n) is 7.68. The van der Waals surface area contributed by atoms with Crippen LogP contribution in [-0.4, -0.2) is 52.6 Å². The molecule has 2 aliphatic rings. The molecule has 136 valence electrons. The lowest BCUT2D eigenvalue weighted by atomic mass is 10.1. The van der Waals surface area contributed by atoms with Crippen LogP contribution in [0.2, 0.25) is 0 Å². The van der Waals surface area contributed by atoms with E-state index < -0.39 is 17.0 Å². The summed E-state index contributed by atoms with van der Waals surface area (Å²) in [5.41, 5.74) is -0.897. The van der Waals surface area contributed by atoms with Crippen LogP contribution in [0.15, 0.2) is 22.7 Å². The van der Waals surface area contributed by atoms with Crippen molar-refractivity contribution in [3.05, 3.63) is 34.1 Å². The largest absolute Gasteiger partial charge is 0.444 e. The molecule has 2 amide bonds. The zero-order valence-electron chi connectivity index (χ0n) is 14.6. The third-order valence-corrected chi connectivity index (χ3v) is 5.21. The molecule has 25 heavy (non-hydrogen) atoms. The Balaban J connectivity index is 1.77. The van der Waals surface area contributed by atoms with E-state index in [0.717, 1.165) is 12.8 Å². The number of nitrogens with zero attached hydrogens (tertiary/aromatic N) is 2. The van der Waals surface area contributed by atoms with Gasteiger partial charge in [0.2, 0.25) is 0 Å². The van der Waals surface area contributed by atoms with E-state index in [-0.39, 0.29) is 17.6 Å². The van der Waals surface area contributed by atoms with Gasteiger partial charge in [-0.2, -0.15) is 0 Å². The second-order valence-corrected chi connectivity index (χ2v) is 8.53. The Morgan fingerprint density at radius 2 is 1.92 bits per heavy atom. The molecule has 1 heterocycles. The summed E-state index contributed by atoms with van der Waals surface area (Å²) in [6.07, 6.45) is 1.26. The van der Waals surface area contributed by atoms with Crippen molar-refractivity contribution in [2.24, 2.45) is 0 Å². The minimum absolute atomic E-state index is 0.0551. The lowest BCUT2D eigenvalue weighted by Crippen LogP contribution is -2.58. The van der Waals surface area contributed by atoms with Gasteiger partial charge in [0.1, 0.15) is 11.4 Å². The average Bonchev–Trinajstić information content (AvgIpc) is 3.24. The van der Waals surface area contributed by atoms with E-state index in [4.69, 9.17) is 4.74 Å². The topological polar surface area (TPSA) is 49.9 Å². The van der Waals surface area contributed by atoms with Gasteiger partial charge in [-0.15, -0.1) is 0 Å². The maximum Gasteiger partial charge on any atom is 0.410 e. The Bertz CT molecular complexity index is 693. The summed E-state index contributed by atoms with van der Waals surface area (Å²) in [6, 6.07) is 4.50. The normalized spacial score (nSPS) is 19.1. The molecule has 0 aromatic heterocycles. The number of hydrogen-bond acceptors (Lipinski definition) is 3. The first-order valence-corrected chi connectivity index (χ1v) is 9.16. The van der Waals surface area contributed by atoms with Crippen molar-refractivity contribution in [2.75, 3.05) is 19.6 Å². The molecule has 0 unspecified atom stereocenters. The predicted octanol–water partition coefficient (Wildman–Crippen LogP) is 3.81. The summed E-state index contributed by atoms with van der Waals surface area (Å²) in [6.45, 7) is 6.67. The first-order chi connectivity index (χ1) is 11.6. The van der Waals surface area contributed by atoms with Crippen LogP contribution in [0.25, 0.3) is 0 Å². The Morgan fingerprint density at radius 3 is 2.48 bits per heavy atom. The van der Waals surface area contributed by atoms with Gasteiger partial charge in [0.25, 0.3) is 5.91 Å². The molecule has 1 saturated carbocycles. The maximum absolute atomic E-state index is 14.2. The van der Waals surface area contributed by atoms with Crippen LogP contribution in [-0.2, 0) is 4.74 Å². The van der Waals surface area contributed by atoms with Crippen LogP contribution in [0, 0.1) is 5.82 Å². The van der Waals surface area contributed by atoms with Crippen LogP contribution in [0.3, 0.4) is 0 Å². The van der Waals surface area contributed by atoms with Crippen molar-refractivity contribution in [1.82, 2.24) is 9.80 Å². The third-order valence-electron chi connectivity index (χ3n) is 4.55. The van der Waals surface area contributed by atoms with Crippen LogP contribution in [0.1, 0.15) is 44.0 Å². The van der Waals surface area contributed by atoms with E-state index in [2.05, 4.69) is 15.9 Å². The van der Waals surface area contributed by atoms with Crippen molar-refractivity contribution in [3.63, 3.8) is 0 Å². The van der Waals surface area contributed by atoms with E-state index in [1.165, 1.54) is 6.07 Å². The fourth-order valence-electron chi connectivity index (χ4n) is 3.19. The highest BCUT2D eigenvalue weighted by atomic mass is 79.9. The molecule has 5 nitrogen and oxygen atoms in total. The van der Waals surface area contributed by atoms with Crippen LogP contribution in [0.4, 0.5) is 9.18 Å². The number of piperazine rings is 1. The number of halogens is 2. The van der Waals surface area contributed by atoms with Crippen molar-refractivity contribution < 1.29 is 18.7 Å². The molecule has 1 saturated heterocycles. The molecule has 7 heteroatoms. The first kappa shape index (κ1) is 18.2. The summed E-state index contributed by atoms with van der Waals surface area (Å²) in [5.74, 6) is -0.865. The number of carbonyl (C=O) groups is 2. The van der Waals surface area contributed by atoms with Gasteiger partial charge >= 0.3 is 6.09 Å². The van der Waals surface area contributed by atoms with Crippen molar-refractivity contribution >= 4 is 27.9 Å². The van der Waals surface area contributed by atoms with Gasteiger partial charge in [0.15, 0.2) is 0 Å². The van der Waals surface area contributed by atoms with Gasteiger partial charge in [-0.3, -0.25) is 4.79 Å². The van der Waals surface area contributed by atoms with E-state index in [0.29, 0.717) is 24.1 Å². The fourth-order valence-corrected chi connectivity index (χ4v) is 3.70. The molecule has 0 atom stereocenters. The van der Waals surface area contributed by atoms with Gasteiger partial charge in [0, 0.05) is 24.1 Å². The highest BCUT2D eigenvalue weighted by molar-refractivity contribution is 9.10. The van der Waals surface area contributed by atoms with Gasteiger partial charge in [-0.1, -0.05) is 6.07 Å². The van der Waals surface area contributed by atoms with Gasteiger partial charge in [-0.05, 0) is 61.7 Å². The van der Waals surface area contributed by atoms with Crippen LogP contribution in [0.5, 0.6) is 0 Å². The molecule has 2 fully saturated rings. The number of ether oxygens (including phenoxy) is 1. The van der Waals surface area contributed by atoms with E-state index in [9.17, 15) is 14.0 Å². The second kappa shape index (κ2) is 6.27. The number of benzene rings is 1. The van der Waals surface area contributed by atoms with E-state index in [1.807, 2.05) is 20.8 Å². The molecule has 1 spiro atoms.